The van der Waals surface area contributed by atoms with Crippen molar-refractivity contribution in [1.82, 2.24) is 19.9 Å². The van der Waals surface area contributed by atoms with E-state index in [4.69, 9.17) is 5.73 Å². The van der Waals surface area contributed by atoms with Crippen molar-refractivity contribution >= 4 is 11.6 Å². The Hall–Kier alpha value is -3.25. The molecule has 2 heterocycles. The smallest absolute Gasteiger partial charge is 0.218 e. The summed E-state index contributed by atoms with van der Waals surface area (Å²) in [6.45, 7) is 3.25. The summed E-state index contributed by atoms with van der Waals surface area (Å²) in [5, 5.41) is 7.68. The zero-order valence-corrected chi connectivity index (χ0v) is 16.0. The summed E-state index contributed by atoms with van der Waals surface area (Å²) >= 11 is 0. The van der Waals surface area contributed by atoms with Crippen LogP contribution >= 0.6 is 0 Å². The molecule has 0 atom stereocenters. The van der Waals surface area contributed by atoms with Gasteiger partial charge in [-0.3, -0.25) is 4.79 Å². The largest absolute Gasteiger partial charge is 0.370 e. The molecule has 6 nitrogen and oxygen atoms in total. The number of nitrogens with zero attached hydrogens (tertiary/aromatic N) is 3. The van der Waals surface area contributed by atoms with Crippen LogP contribution in [0.4, 0.5) is 0 Å². The van der Waals surface area contributed by atoms with Crippen LogP contribution in [-0.4, -0.2) is 27.0 Å². The summed E-state index contributed by atoms with van der Waals surface area (Å²) in [5.41, 5.74) is 10.3. The minimum absolute atomic E-state index is 0.295. The van der Waals surface area contributed by atoms with E-state index in [1.165, 1.54) is 0 Å². The van der Waals surface area contributed by atoms with Gasteiger partial charge in [0.1, 0.15) is 0 Å². The molecule has 0 bridgehead atoms. The molecular weight excluding hydrogens is 350 g/mol. The van der Waals surface area contributed by atoms with Crippen LogP contribution in [0, 0.1) is 0 Å². The van der Waals surface area contributed by atoms with Gasteiger partial charge in [0.15, 0.2) is 5.65 Å². The number of hydrogen-bond acceptors (Lipinski definition) is 4. The lowest BCUT2D eigenvalue weighted by Gasteiger charge is -2.07. The lowest BCUT2D eigenvalue weighted by molar-refractivity contribution is -0.117. The van der Waals surface area contributed by atoms with Gasteiger partial charge in [-0.2, -0.15) is 5.10 Å². The van der Waals surface area contributed by atoms with Crippen LogP contribution in [0.15, 0.2) is 67.2 Å². The van der Waals surface area contributed by atoms with E-state index >= 15 is 0 Å². The Balaban J connectivity index is 1.73. The van der Waals surface area contributed by atoms with Crippen molar-refractivity contribution in [3.8, 4) is 11.1 Å². The van der Waals surface area contributed by atoms with E-state index in [0.29, 0.717) is 19.5 Å². The van der Waals surface area contributed by atoms with Crippen molar-refractivity contribution in [2.45, 2.75) is 26.3 Å². The van der Waals surface area contributed by atoms with Gasteiger partial charge in [0.2, 0.25) is 5.91 Å². The highest BCUT2D eigenvalue weighted by Crippen LogP contribution is 2.21. The predicted octanol–water partition coefficient (Wildman–Crippen LogP) is 3.04. The number of primary amides is 1. The van der Waals surface area contributed by atoms with Crippen LogP contribution in [0.1, 0.15) is 24.5 Å². The fraction of sp³-hybridized carbons (Fsp3) is 0.227. The SMILES string of the molecule is C/C=C\C=C/Cc1cnn2cc(-c3cccc(CNCCC(N)=O)c3)cnc12. The average Bonchev–Trinajstić information content (AvgIpc) is 3.11. The van der Waals surface area contributed by atoms with E-state index in [2.05, 4.69) is 39.7 Å². The predicted molar refractivity (Wildman–Crippen MR) is 112 cm³/mol. The van der Waals surface area contributed by atoms with Gasteiger partial charge in [-0.25, -0.2) is 9.50 Å². The number of nitrogens with one attached hydrogen (secondary N) is 1. The molecule has 0 aliphatic carbocycles. The maximum atomic E-state index is 10.8. The molecule has 3 rings (SSSR count). The number of amides is 1. The molecule has 0 saturated heterocycles. The summed E-state index contributed by atoms with van der Waals surface area (Å²) in [5.74, 6) is -0.295. The molecule has 0 unspecified atom stereocenters. The Morgan fingerprint density at radius 2 is 2.14 bits per heavy atom. The second kappa shape index (κ2) is 9.62. The van der Waals surface area contributed by atoms with E-state index in [1.54, 1.807) is 0 Å². The average molecular weight is 375 g/mol. The Morgan fingerprint density at radius 3 is 2.96 bits per heavy atom. The van der Waals surface area contributed by atoms with Crippen LogP contribution in [-0.2, 0) is 17.8 Å². The lowest BCUT2D eigenvalue weighted by Crippen LogP contribution is -2.21. The van der Waals surface area contributed by atoms with Crippen molar-refractivity contribution in [3.63, 3.8) is 0 Å². The minimum Gasteiger partial charge on any atom is -0.370 e. The van der Waals surface area contributed by atoms with Gasteiger partial charge in [-0.15, -0.1) is 0 Å². The van der Waals surface area contributed by atoms with Gasteiger partial charge in [-0.05, 0) is 30.5 Å². The minimum atomic E-state index is -0.295. The maximum absolute atomic E-state index is 10.8. The molecule has 3 aromatic rings. The summed E-state index contributed by atoms with van der Waals surface area (Å²) in [6.07, 6.45) is 15.0. The molecule has 0 fully saturated rings. The number of hydrogen-bond donors (Lipinski definition) is 2. The molecule has 2 aromatic heterocycles. The zero-order chi connectivity index (χ0) is 19.8. The van der Waals surface area contributed by atoms with Gasteiger partial charge in [0.25, 0.3) is 0 Å². The molecule has 0 radical (unpaired) electrons. The number of carbonyl (C=O) groups is 1. The van der Waals surface area contributed by atoms with Gasteiger partial charge < -0.3 is 11.1 Å². The van der Waals surface area contributed by atoms with Crippen LogP contribution in [0.2, 0.25) is 0 Å². The van der Waals surface area contributed by atoms with E-state index in [9.17, 15) is 4.79 Å². The Labute approximate surface area is 164 Å². The number of nitrogens with two attached hydrogens (primary N) is 1. The van der Waals surface area contributed by atoms with Crippen LogP contribution < -0.4 is 11.1 Å². The summed E-state index contributed by atoms with van der Waals surface area (Å²) in [7, 11) is 0. The molecule has 28 heavy (non-hydrogen) atoms. The molecule has 1 aromatic carbocycles. The van der Waals surface area contributed by atoms with E-state index in [1.807, 2.05) is 54.3 Å². The number of allylic oxidation sites excluding steroid dienone is 4. The maximum Gasteiger partial charge on any atom is 0.218 e. The molecule has 0 spiro atoms. The first-order valence-electron chi connectivity index (χ1n) is 9.36. The van der Waals surface area contributed by atoms with Gasteiger partial charge in [0, 0.05) is 43.0 Å². The van der Waals surface area contributed by atoms with E-state index in [0.717, 1.165) is 34.3 Å². The van der Waals surface area contributed by atoms with Gasteiger partial charge in [-0.1, -0.05) is 42.5 Å². The lowest BCUT2D eigenvalue weighted by atomic mass is 10.1. The molecule has 6 heteroatoms. The normalized spacial score (nSPS) is 11.8. The van der Waals surface area contributed by atoms with E-state index in [-0.39, 0.29) is 5.91 Å². The summed E-state index contributed by atoms with van der Waals surface area (Å²) < 4.78 is 1.83. The van der Waals surface area contributed by atoms with Gasteiger partial charge in [0.05, 0.1) is 6.20 Å². The van der Waals surface area contributed by atoms with Crippen molar-refractivity contribution in [2.75, 3.05) is 6.54 Å². The molecule has 1 amide bonds. The second-order valence-electron chi connectivity index (χ2n) is 6.53. The quantitative estimate of drug-likeness (QED) is 0.445. The highest BCUT2D eigenvalue weighted by atomic mass is 16.1. The zero-order valence-electron chi connectivity index (χ0n) is 16.0. The highest BCUT2D eigenvalue weighted by Gasteiger charge is 2.07. The number of aromatic nitrogens is 3. The number of fused-ring (bicyclic) bond motifs is 1. The highest BCUT2D eigenvalue weighted by molar-refractivity contribution is 5.73. The third-order valence-electron chi connectivity index (χ3n) is 4.34. The Bertz CT molecular complexity index is 1000. The van der Waals surface area contributed by atoms with Crippen LogP contribution in [0.3, 0.4) is 0 Å². The monoisotopic (exact) mass is 375 g/mol. The first-order chi connectivity index (χ1) is 13.7. The summed E-state index contributed by atoms with van der Waals surface area (Å²) in [4.78, 5) is 15.4. The third-order valence-corrected chi connectivity index (χ3v) is 4.34. The fourth-order valence-electron chi connectivity index (χ4n) is 2.91. The van der Waals surface area contributed by atoms with E-state index < -0.39 is 0 Å². The molecule has 144 valence electrons. The van der Waals surface area contributed by atoms with Crippen LogP contribution in [0.5, 0.6) is 0 Å². The molecule has 3 N–H and O–H groups in total. The van der Waals surface area contributed by atoms with Gasteiger partial charge >= 0.3 is 0 Å². The molecule has 0 aliphatic rings. The Morgan fingerprint density at radius 1 is 1.25 bits per heavy atom. The number of rotatable bonds is 9. The molecule has 0 aliphatic heterocycles. The van der Waals surface area contributed by atoms with Crippen molar-refractivity contribution < 1.29 is 4.79 Å². The molecule has 0 saturated carbocycles. The fourth-order valence-corrected chi connectivity index (χ4v) is 2.91. The first kappa shape index (κ1) is 19.5. The van der Waals surface area contributed by atoms with Crippen molar-refractivity contribution in [1.29, 1.82) is 0 Å². The second-order valence-corrected chi connectivity index (χ2v) is 6.53. The van der Waals surface area contributed by atoms with Crippen molar-refractivity contribution in [3.05, 3.63) is 78.3 Å². The van der Waals surface area contributed by atoms with Crippen molar-refractivity contribution in [2.24, 2.45) is 5.73 Å². The number of carbonyl (C=O) groups excluding carboxylic acids is 1. The number of benzene rings is 1. The molecular formula is C22H25N5O. The topological polar surface area (TPSA) is 85.3 Å². The summed E-state index contributed by atoms with van der Waals surface area (Å²) in [6, 6.07) is 8.24. The standard InChI is InChI=1S/C22H25N5O/c1-2-3-4-5-8-19-15-26-27-16-20(14-25-22(19)27)18-9-6-7-17(12-18)13-24-11-10-21(23)28/h2-7,9,12,14-16,24H,8,10-11,13H2,1H3,(H2,23,28)/b3-2-,5-4-. The third kappa shape index (κ3) is 5.14. The Kier molecular flexibility index (Phi) is 6.70. The van der Waals surface area contributed by atoms with Crippen LogP contribution in [0.25, 0.3) is 16.8 Å². The first-order valence-corrected chi connectivity index (χ1v) is 9.36.